The van der Waals surface area contributed by atoms with E-state index in [2.05, 4.69) is 14.9 Å². The van der Waals surface area contributed by atoms with E-state index in [-0.39, 0.29) is 0 Å². The van der Waals surface area contributed by atoms with Gasteiger partial charge in [-0.05, 0) is 17.5 Å². The lowest BCUT2D eigenvalue weighted by atomic mass is 10.4. The van der Waals surface area contributed by atoms with Gasteiger partial charge in [0.05, 0.1) is 18.1 Å². The Bertz CT molecular complexity index is 480. The average Bonchev–Trinajstić information content (AvgIpc) is 2.94. The van der Waals surface area contributed by atoms with Crippen LogP contribution in [-0.4, -0.2) is 36.3 Å². The molecule has 2 aromatic rings. The molecule has 0 bridgehead atoms. The van der Waals surface area contributed by atoms with Crippen LogP contribution >= 0.6 is 11.3 Å². The highest BCUT2D eigenvalue weighted by Crippen LogP contribution is 2.22. The van der Waals surface area contributed by atoms with Gasteiger partial charge >= 0.3 is 0 Å². The molecule has 0 atom stereocenters. The normalized spacial score (nSPS) is 16.1. The predicted molar refractivity (Wildman–Crippen MR) is 68.4 cm³/mol. The van der Waals surface area contributed by atoms with Gasteiger partial charge in [-0.1, -0.05) is 6.07 Å². The van der Waals surface area contributed by atoms with Crippen molar-refractivity contribution >= 4 is 17.2 Å². The number of morpholine rings is 1. The van der Waals surface area contributed by atoms with Crippen molar-refractivity contribution in [3.63, 3.8) is 0 Å². The van der Waals surface area contributed by atoms with E-state index in [1.165, 1.54) is 0 Å². The Labute approximate surface area is 104 Å². The number of ether oxygens (including phenoxy) is 1. The van der Waals surface area contributed by atoms with Crippen molar-refractivity contribution in [1.29, 1.82) is 0 Å². The lowest BCUT2D eigenvalue weighted by Gasteiger charge is -2.27. The van der Waals surface area contributed by atoms with Gasteiger partial charge in [0.15, 0.2) is 5.82 Å². The molecule has 1 fully saturated rings. The second-order valence-corrected chi connectivity index (χ2v) is 4.76. The summed E-state index contributed by atoms with van der Waals surface area (Å²) in [4.78, 5) is 12.3. The first kappa shape index (κ1) is 10.7. The van der Waals surface area contributed by atoms with E-state index < -0.39 is 0 Å². The summed E-state index contributed by atoms with van der Waals surface area (Å²) in [7, 11) is 0. The van der Waals surface area contributed by atoms with Gasteiger partial charge in [0, 0.05) is 19.3 Å². The zero-order chi connectivity index (χ0) is 11.5. The number of thiophene rings is 1. The van der Waals surface area contributed by atoms with Gasteiger partial charge in [0.1, 0.15) is 5.82 Å². The van der Waals surface area contributed by atoms with E-state index >= 15 is 0 Å². The minimum Gasteiger partial charge on any atom is -0.378 e. The number of aromatic nitrogens is 2. The number of rotatable bonds is 2. The molecule has 1 aliphatic heterocycles. The van der Waals surface area contributed by atoms with E-state index in [0.717, 1.165) is 42.8 Å². The summed E-state index contributed by atoms with van der Waals surface area (Å²) in [6.45, 7) is 3.36. The van der Waals surface area contributed by atoms with Crippen molar-refractivity contribution in [3.05, 3.63) is 29.8 Å². The monoisotopic (exact) mass is 247 g/mol. The van der Waals surface area contributed by atoms with Crippen LogP contribution in [0.4, 0.5) is 5.82 Å². The van der Waals surface area contributed by atoms with Crippen LogP contribution in [0.25, 0.3) is 10.7 Å². The van der Waals surface area contributed by atoms with Crippen molar-refractivity contribution in [2.45, 2.75) is 0 Å². The Hall–Kier alpha value is -1.46. The number of hydrogen-bond acceptors (Lipinski definition) is 5. The highest BCUT2D eigenvalue weighted by Gasteiger charge is 2.13. The minimum absolute atomic E-state index is 0.776. The lowest BCUT2D eigenvalue weighted by Crippen LogP contribution is -2.36. The first-order valence-electron chi connectivity index (χ1n) is 5.63. The molecular weight excluding hydrogens is 234 g/mol. The summed E-state index contributed by atoms with van der Waals surface area (Å²) < 4.78 is 5.34. The Morgan fingerprint density at radius 3 is 2.88 bits per heavy atom. The van der Waals surface area contributed by atoms with Crippen LogP contribution in [0.5, 0.6) is 0 Å². The van der Waals surface area contributed by atoms with Gasteiger partial charge in [0.2, 0.25) is 0 Å². The van der Waals surface area contributed by atoms with Gasteiger partial charge in [0.25, 0.3) is 0 Å². The van der Waals surface area contributed by atoms with E-state index in [1.54, 1.807) is 11.3 Å². The smallest absolute Gasteiger partial charge is 0.171 e. The molecule has 0 unspecified atom stereocenters. The van der Waals surface area contributed by atoms with Crippen molar-refractivity contribution in [1.82, 2.24) is 9.97 Å². The zero-order valence-corrected chi connectivity index (χ0v) is 10.2. The summed E-state index contributed by atoms with van der Waals surface area (Å²) in [5, 5.41) is 2.04. The fourth-order valence-electron chi connectivity index (χ4n) is 1.84. The molecule has 2 aromatic heterocycles. The number of anilines is 1. The van der Waals surface area contributed by atoms with Gasteiger partial charge in [-0.15, -0.1) is 11.3 Å². The second-order valence-electron chi connectivity index (χ2n) is 3.82. The van der Waals surface area contributed by atoms with Crippen LogP contribution in [0, 0.1) is 0 Å². The molecule has 3 rings (SSSR count). The second kappa shape index (κ2) is 4.81. The SMILES string of the molecule is c1csc(-c2nccc(N3CCOCC3)n2)c1. The van der Waals surface area contributed by atoms with Gasteiger partial charge in [-0.25, -0.2) is 9.97 Å². The molecule has 0 spiro atoms. The maximum atomic E-state index is 5.34. The first-order valence-corrected chi connectivity index (χ1v) is 6.51. The van der Waals surface area contributed by atoms with Crippen molar-refractivity contribution in [2.75, 3.05) is 31.2 Å². The van der Waals surface area contributed by atoms with E-state index in [0.29, 0.717) is 0 Å². The molecule has 0 aliphatic carbocycles. The highest BCUT2D eigenvalue weighted by molar-refractivity contribution is 7.13. The van der Waals surface area contributed by atoms with Gasteiger partial charge < -0.3 is 9.64 Å². The zero-order valence-electron chi connectivity index (χ0n) is 9.37. The van der Waals surface area contributed by atoms with Crippen LogP contribution < -0.4 is 4.90 Å². The first-order chi connectivity index (χ1) is 8.43. The molecule has 5 heteroatoms. The summed E-state index contributed by atoms with van der Waals surface area (Å²) in [5.74, 6) is 1.80. The Balaban J connectivity index is 1.88. The number of nitrogens with zero attached hydrogens (tertiary/aromatic N) is 3. The van der Waals surface area contributed by atoms with Crippen molar-refractivity contribution < 1.29 is 4.74 Å². The maximum absolute atomic E-state index is 5.34. The van der Waals surface area contributed by atoms with E-state index in [1.807, 2.05) is 29.8 Å². The summed E-state index contributed by atoms with van der Waals surface area (Å²) in [6.07, 6.45) is 1.83. The maximum Gasteiger partial charge on any atom is 0.171 e. The molecule has 3 heterocycles. The molecule has 1 aliphatic rings. The predicted octanol–water partition coefficient (Wildman–Crippen LogP) is 2.04. The molecule has 17 heavy (non-hydrogen) atoms. The Morgan fingerprint density at radius 2 is 2.12 bits per heavy atom. The third kappa shape index (κ3) is 2.30. The minimum atomic E-state index is 0.776. The fourth-order valence-corrected chi connectivity index (χ4v) is 2.51. The van der Waals surface area contributed by atoms with E-state index in [9.17, 15) is 0 Å². The molecule has 88 valence electrons. The Kier molecular flexibility index (Phi) is 3.02. The van der Waals surface area contributed by atoms with Crippen LogP contribution in [-0.2, 0) is 4.74 Å². The van der Waals surface area contributed by atoms with E-state index in [4.69, 9.17) is 4.74 Å². The van der Waals surface area contributed by atoms with Gasteiger partial charge in [-0.2, -0.15) is 0 Å². The van der Waals surface area contributed by atoms with Crippen LogP contribution in [0.15, 0.2) is 29.8 Å². The molecule has 1 saturated heterocycles. The quantitative estimate of drug-likeness (QED) is 0.814. The van der Waals surface area contributed by atoms with Crippen LogP contribution in [0.1, 0.15) is 0 Å². The summed E-state index contributed by atoms with van der Waals surface area (Å²) >= 11 is 1.66. The summed E-state index contributed by atoms with van der Waals surface area (Å²) in [5.41, 5.74) is 0. The topological polar surface area (TPSA) is 38.2 Å². The molecule has 0 radical (unpaired) electrons. The molecule has 0 aromatic carbocycles. The molecule has 0 amide bonds. The van der Waals surface area contributed by atoms with Gasteiger partial charge in [-0.3, -0.25) is 0 Å². The van der Waals surface area contributed by atoms with Crippen molar-refractivity contribution in [3.8, 4) is 10.7 Å². The molecule has 0 saturated carbocycles. The largest absolute Gasteiger partial charge is 0.378 e. The summed E-state index contributed by atoms with van der Waals surface area (Å²) in [6, 6.07) is 6.02. The lowest BCUT2D eigenvalue weighted by molar-refractivity contribution is 0.122. The highest BCUT2D eigenvalue weighted by atomic mass is 32.1. The third-order valence-corrected chi connectivity index (χ3v) is 3.58. The third-order valence-electron chi connectivity index (χ3n) is 2.72. The molecule has 4 nitrogen and oxygen atoms in total. The number of hydrogen-bond donors (Lipinski definition) is 0. The van der Waals surface area contributed by atoms with Crippen LogP contribution in [0.3, 0.4) is 0 Å². The molecular formula is C12H13N3OS. The Morgan fingerprint density at radius 1 is 1.24 bits per heavy atom. The molecule has 0 N–H and O–H groups in total. The fraction of sp³-hybridized carbons (Fsp3) is 0.333. The average molecular weight is 247 g/mol. The standard InChI is InChI=1S/C12H13N3OS/c1-2-10(17-9-1)12-13-4-3-11(14-12)15-5-7-16-8-6-15/h1-4,9H,5-8H2. The van der Waals surface area contributed by atoms with Crippen molar-refractivity contribution in [2.24, 2.45) is 0 Å². The van der Waals surface area contributed by atoms with Crippen LogP contribution in [0.2, 0.25) is 0 Å².